The topological polar surface area (TPSA) is 60.7 Å². The number of hydrogen-bond donors (Lipinski definition) is 3. The van der Waals surface area contributed by atoms with Crippen molar-refractivity contribution in [3.63, 3.8) is 0 Å². The Hall–Kier alpha value is -1.78. The van der Waals surface area contributed by atoms with E-state index in [1.165, 1.54) is 5.56 Å². The van der Waals surface area contributed by atoms with Gasteiger partial charge in [-0.3, -0.25) is 0 Å². The van der Waals surface area contributed by atoms with E-state index in [0.717, 1.165) is 16.7 Å². The Morgan fingerprint density at radius 2 is 1.63 bits per heavy atom. The molecule has 3 rings (SSSR count). The third kappa shape index (κ3) is 1.61. The van der Waals surface area contributed by atoms with Gasteiger partial charge in [-0.15, -0.1) is 0 Å². The van der Waals surface area contributed by atoms with Crippen LogP contribution < -0.4 is 5.46 Å². The summed E-state index contributed by atoms with van der Waals surface area (Å²) >= 11 is 0. The van der Waals surface area contributed by atoms with E-state index in [-0.39, 0.29) is 16.6 Å². The third-order valence-electron chi connectivity index (χ3n) is 4.01. The second-order valence-corrected chi connectivity index (χ2v) is 5.50. The first-order chi connectivity index (χ1) is 8.93. The first kappa shape index (κ1) is 12.3. The maximum atomic E-state index is 9.92. The van der Waals surface area contributed by atoms with E-state index in [2.05, 4.69) is 19.9 Å². The minimum atomic E-state index is -1.66. The molecule has 0 atom stereocenters. The molecule has 0 aromatic heterocycles. The van der Waals surface area contributed by atoms with Crippen molar-refractivity contribution < 1.29 is 15.2 Å². The molecule has 3 N–H and O–H groups in total. The van der Waals surface area contributed by atoms with Gasteiger partial charge in [-0.2, -0.15) is 0 Å². The predicted molar refractivity (Wildman–Crippen MR) is 75.5 cm³/mol. The molecule has 96 valence electrons. The summed E-state index contributed by atoms with van der Waals surface area (Å²) in [4.78, 5) is 0. The number of phenolic OH excluding ortho intramolecular Hbond substituents is 1. The summed E-state index contributed by atoms with van der Waals surface area (Å²) in [5.41, 5.74) is 4.20. The summed E-state index contributed by atoms with van der Waals surface area (Å²) in [6.45, 7) is 4.20. The van der Waals surface area contributed by atoms with Gasteiger partial charge in [0.2, 0.25) is 0 Å². The Morgan fingerprint density at radius 3 is 2.32 bits per heavy atom. The second kappa shape index (κ2) is 3.86. The Kier molecular flexibility index (Phi) is 2.49. The fourth-order valence-corrected chi connectivity index (χ4v) is 2.96. The quantitative estimate of drug-likeness (QED) is 0.674. The van der Waals surface area contributed by atoms with Gasteiger partial charge in [-0.05, 0) is 28.3 Å². The van der Waals surface area contributed by atoms with Crippen LogP contribution in [-0.2, 0) is 5.41 Å². The molecule has 0 saturated heterocycles. The van der Waals surface area contributed by atoms with Crippen LogP contribution in [0.1, 0.15) is 25.0 Å². The van der Waals surface area contributed by atoms with Crippen molar-refractivity contribution in [3.8, 4) is 16.9 Å². The zero-order valence-electron chi connectivity index (χ0n) is 10.9. The van der Waals surface area contributed by atoms with E-state index in [1.807, 2.05) is 18.2 Å². The highest BCUT2D eigenvalue weighted by Gasteiger charge is 2.36. The Bertz CT molecular complexity index is 662. The summed E-state index contributed by atoms with van der Waals surface area (Å²) < 4.78 is 0. The van der Waals surface area contributed by atoms with Crippen LogP contribution in [0.2, 0.25) is 0 Å². The summed E-state index contributed by atoms with van der Waals surface area (Å²) in [7, 11) is -1.66. The average molecular weight is 254 g/mol. The van der Waals surface area contributed by atoms with E-state index in [1.54, 1.807) is 12.1 Å². The van der Waals surface area contributed by atoms with Crippen LogP contribution in [-0.4, -0.2) is 22.3 Å². The van der Waals surface area contributed by atoms with Crippen molar-refractivity contribution in [2.45, 2.75) is 19.3 Å². The lowest BCUT2D eigenvalue weighted by Crippen LogP contribution is -2.31. The zero-order valence-corrected chi connectivity index (χ0v) is 10.9. The molecule has 0 unspecified atom stereocenters. The fraction of sp³-hybridized carbons (Fsp3) is 0.200. The van der Waals surface area contributed by atoms with Gasteiger partial charge in [-0.1, -0.05) is 44.2 Å². The molecule has 0 aliphatic heterocycles. The van der Waals surface area contributed by atoms with E-state index in [4.69, 9.17) is 0 Å². The highest BCUT2D eigenvalue weighted by molar-refractivity contribution is 6.59. The van der Waals surface area contributed by atoms with Crippen LogP contribution in [0.25, 0.3) is 11.1 Å². The highest BCUT2D eigenvalue weighted by Crippen LogP contribution is 2.48. The molecule has 0 saturated carbocycles. The maximum Gasteiger partial charge on any atom is 0.492 e. The van der Waals surface area contributed by atoms with E-state index < -0.39 is 7.12 Å². The first-order valence-electron chi connectivity index (χ1n) is 6.26. The average Bonchev–Trinajstić information content (AvgIpc) is 2.58. The minimum Gasteiger partial charge on any atom is -0.508 e. The van der Waals surface area contributed by atoms with Gasteiger partial charge in [0.25, 0.3) is 0 Å². The molecule has 19 heavy (non-hydrogen) atoms. The van der Waals surface area contributed by atoms with Gasteiger partial charge in [-0.25, -0.2) is 0 Å². The van der Waals surface area contributed by atoms with Gasteiger partial charge in [0.1, 0.15) is 5.75 Å². The van der Waals surface area contributed by atoms with Crippen molar-refractivity contribution in [3.05, 3.63) is 47.5 Å². The van der Waals surface area contributed by atoms with E-state index >= 15 is 0 Å². The minimum absolute atomic E-state index is 0.0822. The molecule has 0 amide bonds. The largest absolute Gasteiger partial charge is 0.508 e. The van der Waals surface area contributed by atoms with E-state index in [0.29, 0.717) is 0 Å². The molecule has 0 heterocycles. The molecule has 0 spiro atoms. The molecular weight excluding hydrogens is 239 g/mol. The molecule has 1 aliphatic carbocycles. The van der Waals surface area contributed by atoms with Crippen molar-refractivity contribution in [1.29, 1.82) is 0 Å². The van der Waals surface area contributed by atoms with Gasteiger partial charge in [0.15, 0.2) is 0 Å². The SMILES string of the molecule is CC1(C)c2ccccc2-c2cc(O)c(B(O)O)cc21. The molecule has 1 aliphatic rings. The lowest BCUT2D eigenvalue weighted by Gasteiger charge is -2.22. The Labute approximate surface area is 112 Å². The predicted octanol–water partition coefficient (Wildman–Crippen LogP) is 1.38. The standard InChI is InChI=1S/C15H15BO3/c1-15(2)11-6-4-3-5-9(11)10-7-14(17)13(16(18)19)8-12(10)15/h3-8,17-19H,1-2H3. The van der Waals surface area contributed by atoms with Crippen LogP contribution in [0.3, 0.4) is 0 Å². The lowest BCUT2D eigenvalue weighted by atomic mass is 9.74. The van der Waals surface area contributed by atoms with Crippen LogP contribution in [0.5, 0.6) is 5.75 Å². The number of fused-ring (bicyclic) bond motifs is 3. The normalized spacial score (nSPS) is 14.9. The third-order valence-corrected chi connectivity index (χ3v) is 4.01. The van der Waals surface area contributed by atoms with Crippen molar-refractivity contribution in [2.75, 3.05) is 0 Å². The zero-order chi connectivity index (χ0) is 13.8. The molecule has 0 radical (unpaired) electrons. The molecule has 0 fully saturated rings. The van der Waals surface area contributed by atoms with E-state index in [9.17, 15) is 15.2 Å². The van der Waals surface area contributed by atoms with Gasteiger partial charge in [0.05, 0.1) is 0 Å². The molecule has 2 aromatic rings. The monoisotopic (exact) mass is 254 g/mol. The first-order valence-corrected chi connectivity index (χ1v) is 6.26. The molecule has 2 aromatic carbocycles. The number of aromatic hydroxyl groups is 1. The van der Waals surface area contributed by atoms with Crippen LogP contribution in [0, 0.1) is 0 Å². The second-order valence-electron chi connectivity index (χ2n) is 5.50. The number of benzene rings is 2. The summed E-state index contributed by atoms with van der Waals surface area (Å²) in [6, 6.07) is 11.4. The molecular formula is C15H15BO3. The van der Waals surface area contributed by atoms with Crippen LogP contribution in [0.4, 0.5) is 0 Å². The smallest absolute Gasteiger partial charge is 0.492 e. The van der Waals surface area contributed by atoms with Crippen LogP contribution in [0.15, 0.2) is 36.4 Å². The van der Waals surface area contributed by atoms with Gasteiger partial charge >= 0.3 is 7.12 Å². The number of phenols is 1. The van der Waals surface area contributed by atoms with Gasteiger partial charge < -0.3 is 15.2 Å². The Morgan fingerprint density at radius 1 is 0.947 bits per heavy atom. The van der Waals surface area contributed by atoms with Crippen LogP contribution >= 0.6 is 0 Å². The molecule has 4 heteroatoms. The summed E-state index contributed by atoms with van der Waals surface area (Å²) in [5.74, 6) is -0.0822. The summed E-state index contributed by atoms with van der Waals surface area (Å²) in [6.07, 6.45) is 0. The molecule has 0 bridgehead atoms. The van der Waals surface area contributed by atoms with Gasteiger partial charge in [0, 0.05) is 10.9 Å². The number of rotatable bonds is 1. The maximum absolute atomic E-state index is 9.92. The number of hydrogen-bond acceptors (Lipinski definition) is 3. The molecule has 3 nitrogen and oxygen atoms in total. The van der Waals surface area contributed by atoms with Crippen molar-refractivity contribution in [1.82, 2.24) is 0 Å². The summed E-state index contributed by atoms with van der Waals surface area (Å²) in [5, 5.41) is 28.6. The van der Waals surface area contributed by atoms with Crippen molar-refractivity contribution >= 4 is 12.6 Å². The fourth-order valence-electron chi connectivity index (χ4n) is 2.96. The lowest BCUT2D eigenvalue weighted by molar-refractivity contribution is 0.419. The highest BCUT2D eigenvalue weighted by atomic mass is 16.4. The van der Waals surface area contributed by atoms with Crippen molar-refractivity contribution in [2.24, 2.45) is 0 Å². The Balaban J connectivity index is 2.33.